The van der Waals surface area contributed by atoms with Gasteiger partial charge in [-0.25, -0.2) is 0 Å². The van der Waals surface area contributed by atoms with E-state index in [1.54, 1.807) is 0 Å². The number of piperidine rings is 1. The Morgan fingerprint density at radius 3 is 2.27 bits per heavy atom. The molecule has 1 aliphatic heterocycles. The van der Waals surface area contributed by atoms with Crippen molar-refractivity contribution in [3.63, 3.8) is 0 Å². The quantitative estimate of drug-likeness (QED) is 0.727. The number of hydrogen-bond donors (Lipinski definition) is 1. The van der Waals surface area contributed by atoms with Crippen molar-refractivity contribution in [2.75, 3.05) is 32.7 Å². The Balaban J connectivity index is 2.03. The van der Waals surface area contributed by atoms with Gasteiger partial charge in [-0.2, -0.15) is 0 Å². The third-order valence-corrected chi connectivity index (χ3v) is 3.06. The van der Waals surface area contributed by atoms with E-state index in [9.17, 15) is 0 Å². The minimum absolute atomic E-state index is 0.771. The standard InChI is InChI=1S/C13H28N2/c1-12(2)9-14-10-13(3)11-15-7-5-4-6-8-15/h12-14H,4-11H2,1-3H3. The molecule has 0 saturated carbocycles. The number of likely N-dealkylation sites (tertiary alicyclic amines) is 1. The molecular formula is C13H28N2. The highest BCUT2D eigenvalue weighted by molar-refractivity contribution is 4.69. The van der Waals surface area contributed by atoms with Gasteiger partial charge in [0.2, 0.25) is 0 Å². The molecule has 0 aliphatic carbocycles. The summed E-state index contributed by atoms with van der Waals surface area (Å²) in [6.45, 7) is 13.2. The molecule has 0 radical (unpaired) electrons. The molecule has 0 bridgehead atoms. The van der Waals surface area contributed by atoms with Crippen molar-refractivity contribution in [2.24, 2.45) is 11.8 Å². The lowest BCUT2D eigenvalue weighted by Crippen LogP contribution is -2.37. The van der Waals surface area contributed by atoms with Crippen LogP contribution < -0.4 is 5.32 Å². The first-order chi connectivity index (χ1) is 7.18. The molecule has 1 atom stereocenters. The van der Waals surface area contributed by atoms with Gasteiger partial charge >= 0.3 is 0 Å². The highest BCUT2D eigenvalue weighted by Gasteiger charge is 2.12. The molecule has 90 valence electrons. The van der Waals surface area contributed by atoms with Crippen LogP contribution in [-0.2, 0) is 0 Å². The summed E-state index contributed by atoms with van der Waals surface area (Å²) in [4.78, 5) is 2.63. The summed E-state index contributed by atoms with van der Waals surface area (Å²) >= 11 is 0. The van der Waals surface area contributed by atoms with E-state index in [1.165, 1.54) is 45.4 Å². The van der Waals surface area contributed by atoms with Crippen LogP contribution in [0.25, 0.3) is 0 Å². The van der Waals surface area contributed by atoms with Crippen LogP contribution in [0.1, 0.15) is 40.0 Å². The van der Waals surface area contributed by atoms with Crippen LogP contribution in [-0.4, -0.2) is 37.6 Å². The van der Waals surface area contributed by atoms with Gasteiger partial charge in [-0.1, -0.05) is 27.2 Å². The Bertz CT molecular complexity index is 151. The third kappa shape index (κ3) is 6.16. The Morgan fingerprint density at radius 2 is 1.67 bits per heavy atom. The Hall–Kier alpha value is -0.0800. The highest BCUT2D eigenvalue weighted by Crippen LogP contribution is 2.10. The van der Waals surface area contributed by atoms with E-state index in [4.69, 9.17) is 0 Å². The molecule has 0 aromatic rings. The monoisotopic (exact) mass is 212 g/mol. The molecule has 1 saturated heterocycles. The molecule has 2 heteroatoms. The molecule has 0 spiro atoms. The molecule has 0 aromatic heterocycles. The smallest absolute Gasteiger partial charge is 0.00191 e. The number of rotatable bonds is 6. The van der Waals surface area contributed by atoms with Crippen LogP contribution in [0.3, 0.4) is 0 Å². The fraction of sp³-hybridized carbons (Fsp3) is 1.00. The lowest BCUT2D eigenvalue weighted by Gasteiger charge is -2.29. The molecule has 0 aromatic carbocycles. The average Bonchev–Trinajstić information content (AvgIpc) is 2.18. The average molecular weight is 212 g/mol. The van der Waals surface area contributed by atoms with Gasteiger partial charge in [-0.3, -0.25) is 0 Å². The first kappa shape index (κ1) is 13.0. The topological polar surface area (TPSA) is 15.3 Å². The molecule has 2 nitrogen and oxygen atoms in total. The molecule has 1 heterocycles. The van der Waals surface area contributed by atoms with Crippen molar-refractivity contribution in [1.82, 2.24) is 10.2 Å². The second-order valence-electron chi connectivity index (χ2n) is 5.52. The van der Waals surface area contributed by atoms with Crippen molar-refractivity contribution in [2.45, 2.75) is 40.0 Å². The second-order valence-corrected chi connectivity index (χ2v) is 5.52. The maximum Gasteiger partial charge on any atom is 0.00191 e. The van der Waals surface area contributed by atoms with E-state index in [0.29, 0.717) is 0 Å². The lowest BCUT2D eigenvalue weighted by molar-refractivity contribution is 0.198. The lowest BCUT2D eigenvalue weighted by atomic mass is 10.1. The van der Waals surface area contributed by atoms with Crippen molar-refractivity contribution in [1.29, 1.82) is 0 Å². The van der Waals surface area contributed by atoms with Crippen molar-refractivity contribution >= 4 is 0 Å². The van der Waals surface area contributed by atoms with Crippen LogP contribution in [0, 0.1) is 11.8 Å². The van der Waals surface area contributed by atoms with Crippen molar-refractivity contribution < 1.29 is 0 Å². The SMILES string of the molecule is CC(C)CNCC(C)CN1CCCCC1. The van der Waals surface area contributed by atoms with Gasteiger partial charge in [-0.05, 0) is 50.9 Å². The summed E-state index contributed by atoms with van der Waals surface area (Å²) in [5.74, 6) is 1.56. The molecule has 1 rings (SSSR count). The zero-order valence-electron chi connectivity index (χ0n) is 10.8. The zero-order chi connectivity index (χ0) is 11.1. The van der Waals surface area contributed by atoms with Crippen LogP contribution in [0.15, 0.2) is 0 Å². The van der Waals surface area contributed by atoms with Gasteiger partial charge in [0.1, 0.15) is 0 Å². The van der Waals surface area contributed by atoms with E-state index in [1.807, 2.05) is 0 Å². The van der Waals surface area contributed by atoms with Gasteiger partial charge < -0.3 is 10.2 Å². The first-order valence-corrected chi connectivity index (χ1v) is 6.61. The predicted molar refractivity (Wildman–Crippen MR) is 67.2 cm³/mol. The van der Waals surface area contributed by atoms with Crippen molar-refractivity contribution in [3.8, 4) is 0 Å². The Kier molecular flexibility index (Phi) is 6.26. The Labute approximate surface area is 95.4 Å². The molecule has 1 aliphatic rings. The third-order valence-electron chi connectivity index (χ3n) is 3.06. The fourth-order valence-corrected chi connectivity index (χ4v) is 2.27. The van der Waals surface area contributed by atoms with E-state index in [-0.39, 0.29) is 0 Å². The second kappa shape index (κ2) is 7.24. The molecule has 1 unspecified atom stereocenters. The van der Waals surface area contributed by atoms with Gasteiger partial charge in [0.15, 0.2) is 0 Å². The summed E-state index contributed by atoms with van der Waals surface area (Å²) in [7, 11) is 0. The summed E-state index contributed by atoms with van der Waals surface area (Å²) in [6.07, 6.45) is 4.26. The van der Waals surface area contributed by atoms with Crippen molar-refractivity contribution in [3.05, 3.63) is 0 Å². The van der Waals surface area contributed by atoms with Gasteiger partial charge in [0.25, 0.3) is 0 Å². The number of nitrogens with zero attached hydrogens (tertiary/aromatic N) is 1. The summed E-state index contributed by atoms with van der Waals surface area (Å²) < 4.78 is 0. The van der Waals surface area contributed by atoms with Gasteiger partial charge in [-0.15, -0.1) is 0 Å². The fourth-order valence-electron chi connectivity index (χ4n) is 2.27. The van der Waals surface area contributed by atoms with Gasteiger partial charge in [0.05, 0.1) is 0 Å². The highest BCUT2D eigenvalue weighted by atomic mass is 15.1. The van der Waals surface area contributed by atoms with Crippen LogP contribution >= 0.6 is 0 Å². The van der Waals surface area contributed by atoms with E-state index >= 15 is 0 Å². The Morgan fingerprint density at radius 1 is 1.00 bits per heavy atom. The summed E-state index contributed by atoms with van der Waals surface area (Å²) in [5.41, 5.74) is 0. The summed E-state index contributed by atoms with van der Waals surface area (Å²) in [6, 6.07) is 0. The van der Waals surface area contributed by atoms with Crippen LogP contribution in [0.2, 0.25) is 0 Å². The zero-order valence-corrected chi connectivity index (χ0v) is 10.8. The predicted octanol–water partition coefficient (Wildman–Crippen LogP) is 2.35. The first-order valence-electron chi connectivity index (χ1n) is 6.61. The summed E-state index contributed by atoms with van der Waals surface area (Å²) in [5, 5.41) is 3.55. The normalized spacial score (nSPS) is 20.8. The number of nitrogens with one attached hydrogen (secondary N) is 1. The molecule has 0 amide bonds. The van der Waals surface area contributed by atoms with Crippen LogP contribution in [0.5, 0.6) is 0 Å². The van der Waals surface area contributed by atoms with E-state index in [2.05, 4.69) is 31.0 Å². The van der Waals surface area contributed by atoms with E-state index < -0.39 is 0 Å². The maximum absolute atomic E-state index is 3.55. The maximum atomic E-state index is 3.55. The molecule has 1 fully saturated rings. The minimum Gasteiger partial charge on any atom is -0.316 e. The van der Waals surface area contributed by atoms with E-state index in [0.717, 1.165) is 18.4 Å². The molecular weight excluding hydrogens is 184 g/mol. The molecule has 1 N–H and O–H groups in total. The van der Waals surface area contributed by atoms with Gasteiger partial charge in [0, 0.05) is 6.54 Å². The molecule has 15 heavy (non-hydrogen) atoms. The largest absolute Gasteiger partial charge is 0.316 e. The minimum atomic E-state index is 0.771. The van der Waals surface area contributed by atoms with Crippen LogP contribution in [0.4, 0.5) is 0 Å². The number of hydrogen-bond acceptors (Lipinski definition) is 2.